The Labute approximate surface area is 77.1 Å². The van der Waals surface area contributed by atoms with E-state index in [-0.39, 0.29) is 0 Å². The van der Waals surface area contributed by atoms with Gasteiger partial charge in [0.2, 0.25) is 0 Å². The Kier molecular flexibility index (Phi) is 5.37. The fourth-order valence-electron chi connectivity index (χ4n) is 0. The van der Waals surface area contributed by atoms with Crippen LogP contribution in [0.1, 0.15) is 27.7 Å². The lowest BCUT2D eigenvalue weighted by Crippen LogP contribution is -2.44. The minimum atomic E-state index is -4.64. The Bertz CT molecular complexity index is 162. The van der Waals surface area contributed by atoms with E-state index < -0.39 is 19.0 Å². The van der Waals surface area contributed by atoms with E-state index in [1.807, 2.05) is 0 Å². The van der Waals surface area contributed by atoms with Crippen molar-refractivity contribution in [3.05, 3.63) is 0 Å². The Morgan fingerprint density at radius 2 is 0.923 bits per heavy atom. The van der Waals surface area contributed by atoms with Crippen molar-refractivity contribution in [2.75, 3.05) is 0 Å². The number of rotatable bonds is 1. The van der Waals surface area contributed by atoms with Gasteiger partial charge in [-0.25, -0.2) is 4.57 Å². The molecule has 0 aromatic heterocycles. The molecule has 0 atom stereocenters. The fraction of sp³-hybridized carbons (Fsp3) is 1.00. The van der Waals surface area contributed by atoms with Gasteiger partial charge in [-0.2, -0.15) is 0 Å². The van der Waals surface area contributed by atoms with Gasteiger partial charge in [-0.3, -0.25) is 0 Å². The van der Waals surface area contributed by atoms with E-state index >= 15 is 0 Å². The number of hydrogen-bond donors (Lipinski definition) is 5. The topological polar surface area (TPSA) is 118 Å². The second kappa shape index (κ2) is 4.50. The van der Waals surface area contributed by atoms with Gasteiger partial charge >= 0.3 is 7.82 Å². The summed E-state index contributed by atoms with van der Waals surface area (Å²) in [6.07, 6.45) is 0. The molecule has 0 aliphatic heterocycles. The Balaban J connectivity index is 0. The van der Waals surface area contributed by atoms with Crippen molar-refractivity contribution >= 4 is 7.82 Å². The van der Waals surface area contributed by atoms with Crippen molar-refractivity contribution in [3.8, 4) is 0 Å². The van der Waals surface area contributed by atoms with E-state index in [1.54, 1.807) is 27.7 Å². The molecular formula is C6H17O6P. The summed E-state index contributed by atoms with van der Waals surface area (Å²) in [5, 5.41) is 18.2. The molecule has 0 rings (SSSR count). The highest BCUT2D eigenvalue weighted by Gasteiger charge is 2.31. The molecule has 0 saturated carbocycles. The van der Waals surface area contributed by atoms with Crippen LogP contribution in [0, 0.1) is 0 Å². The molecule has 0 aromatic carbocycles. The lowest BCUT2D eigenvalue weighted by molar-refractivity contribution is -0.107. The summed E-state index contributed by atoms with van der Waals surface area (Å²) in [6.45, 7) is 6.31. The molecule has 0 heterocycles. The molecule has 0 amide bonds. The number of phosphoric acid groups is 1. The third kappa shape index (κ3) is 14.8. The van der Waals surface area contributed by atoms with Crippen molar-refractivity contribution in [1.82, 2.24) is 0 Å². The molecule has 0 aliphatic carbocycles. The van der Waals surface area contributed by atoms with Gasteiger partial charge in [0.05, 0.1) is 11.2 Å². The molecule has 82 valence electrons. The molecule has 13 heavy (non-hydrogen) atoms. The Hall–Kier alpha value is 0.0300. The van der Waals surface area contributed by atoms with Crippen LogP contribution in [0.15, 0.2) is 0 Å². The standard InChI is InChI=1S/C6H14O2.H3O4P/c1-5(2,7)6(3,4)8;1-5(2,3)4/h7-8H,1-4H3;(H3,1,2,3,4). The van der Waals surface area contributed by atoms with Crippen LogP contribution in [-0.4, -0.2) is 36.1 Å². The highest BCUT2D eigenvalue weighted by molar-refractivity contribution is 7.45. The fourth-order valence-corrected chi connectivity index (χ4v) is 0. The first-order chi connectivity index (χ1) is 5.25. The van der Waals surface area contributed by atoms with E-state index in [0.717, 1.165) is 0 Å². The molecule has 0 fully saturated rings. The minimum absolute atomic E-state index is 1.01. The van der Waals surface area contributed by atoms with Crippen LogP contribution in [0.25, 0.3) is 0 Å². The predicted octanol–water partition coefficient (Wildman–Crippen LogP) is -0.400. The molecule has 0 saturated heterocycles. The van der Waals surface area contributed by atoms with E-state index in [0.29, 0.717) is 0 Å². The van der Waals surface area contributed by atoms with Crippen LogP contribution in [0.4, 0.5) is 0 Å². The highest BCUT2D eigenvalue weighted by Crippen LogP contribution is 2.25. The SMILES string of the molecule is CC(C)(O)C(C)(C)O.O=P(O)(O)O. The summed E-state index contributed by atoms with van der Waals surface area (Å²) in [7, 11) is -4.64. The van der Waals surface area contributed by atoms with Gasteiger partial charge in [0.1, 0.15) is 0 Å². The maximum Gasteiger partial charge on any atom is 0.466 e. The Morgan fingerprint density at radius 1 is 0.846 bits per heavy atom. The van der Waals surface area contributed by atoms with Crippen molar-refractivity contribution in [2.45, 2.75) is 38.9 Å². The molecular weight excluding hydrogens is 199 g/mol. The zero-order valence-electron chi connectivity index (χ0n) is 8.09. The van der Waals surface area contributed by atoms with Crippen LogP contribution in [0.5, 0.6) is 0 Å². The first kappa shape index (κ1) is 15.5. The summed E-state index contributed by atoms with van der Waals surface area (Å²) in [5.74, 6) is 0. The summed E-state index contributed by atoms with van der Waals surface area (Å²) >= 11 is 0. The van der Waals surface area contributed by atoms with Crippen LogP contribution >= 0.6 is 7.82 Å². The quantitative estimate of drug-likeness (QED) is 0.380. The smallest absolute Gasteiger partial charge is 0.387 e. The average Bonchev–Trinajstić information content (AvgIpc) is 1.50. The first-order valence-corrected chi connectivity index (χ1v) is 5.04. The molecule has 0 aliphatic rings. The number of aliphatic hydroxyl groups is 2. The summed E-state index contributed by atoms with van der Waals surface area (Å²) in [6, 6.07) is 0. The van der Waals surface area contributed by atoms with Crippen molar-refractivity contribution in [3.63, 3.8) is 0 Å². The maximum atomic E-state index is 9.10. The molecule has 0 unspecified atom stereocenters. The minimum Gasteiger partial charge on any atom is -0.387 e. The van der Waals surface area contributed by atoms with Crippen molar-refractivity contribution in [1.29, 1.82) is 0 Å². The summed E-state index contributed by atoms with van der Waals surface area (Å²) in [4.78, 5) is 21.6. The van der Waals surface area contributed by atoms with Gasteiger partial charge in [-0.15, -0.1) is 0 Å². The first-order valence-electron chi connectivity index (χ1n) is 3.48. The summed E-state index contributed by atoms with van der Waals surface area (Å²) < 4.78 is 8.88. The van der Waals surface area contributed by atoms with Crippen molar-refractivity contribution < 1.29 is 29.5 Å². The van der Waals surface area contributed by atoms with Crippen molar-refractivity contribution in [2.24, 2.45) is 0 Å². The molecule has 0 spiro atoms. The van der Waals surface area contributed by atoms with Crippen LogP contribution in [-0.2, 0) is 4.57 Å². The third-order valence-electron chi connectivity index (χ3n) is 1.50. The molecule has 0 radical (unpaired) electrons. The maximum absolute atomic E-state index is 9.10. The van der Waals surface area contributed by atoms with Gasteiger partial charge < -0.3 is 24.9 Å². The van der Waals surface area contributed by atoms with Crippen LogP contribution < -0.4 is 0 Å². The van der Waals surface area contributed by atoms with Gasteiger partial charge in [0.25, 0.3) is 0 Å². The molecule has 6 nitrogen and oxygen atoms in total. The number of hydrogen-bond acceptors (Lipinski definition) is 3. The Morgan fingerprint density at radius 3 is 0.923 bits per heavy atom. The average molecular weight is 216 g/mol. The van der Waals surface area contributed by atoms with Gasteiger partial charge in [0.15, 0.2) is 0 Å². The largest absolute Gasteiger partial charge is 0.466 e. The third-order valence-corrected chi connectivity index (χ3v) is 1.50. The van der Waals surface area contributed by atoms with E-state index in [1.165, 1.54) is 0 Å². The molecule has 5 N–H and O–H groups in total. The second-order valence-electron chi connectivity index (χ2n) is 3.63. The normalized spacial score (nSPS) is 13.3. The van der Waals surface area contributed by atoms with Crippen LogP contribution in [0.2, 0.25) is 0 Å². The van der Waals surface area contributed by atoms with Gasteiger partial charge in [-0.05, 0) is 27.7 Å². The van der Waals surface area contributed by atoms with Gasteiger partial charge in [-0.1, -0.05) is 0 Å². The second-order valence-corrected chi connectivity index (χ2v) is 4.66. The van der Waals surface area contributed by atoms with Gasteiger partial charge in [0, 0.05) is 0 Å². The van der Waals surface area contributed by atoms with E-state index in [2.05, 4.69) is 0 Å². The predicted molar refractivity (Wildman–Crippen MR) is 46.9 cm³/mol. The van der Waals surface area contributed by atoms with E-state index in [4.69, 9.17) is 29.5 Å². The molecule has 0 aromatic rings. The zero-order valence-corrected chi connectivity index (χ0v) is 8.99. The van der Waals surface area contributed by atoms with E-state index in [9.17, 15) is 0 Å². The summed E-state index contributed by atoms with van der Waals surface area (Å²) in [5.41, 5.74) is -2.01. The zero-order chi connectivity index (χ0) is 11.5. The monoisotopic (exact) mass is 216 g/mol. The lowest BCUT2D eigenvalue weighted by Gasteiger charge is -2.31. The lowest BCUT2D eigenvalue weighted by atomic mass is 9.90. The molecule has 0 bridgehead atoms. The molecule has 7 heteroatoms. The highest BCUT2D eigenvalue weighted by atomic mass is 31.2. The van der Waals surface area contributed by atoms with Crippen LogP contribution in [0.3, 0.4) is 0 Å².